The molecule has 3 aromatic carbocycles. The monoisotopic (exact) mass is 579 g/mol. The van der Waals surface area contributed by atoms with Gasteiger partial charge in [0, 0.05) is 20.1 Å². The summed E-state index contributed by atoms with van der Waals surface area (Å²) in [5.41, 5.74) is -0.673. The highest BCUT2D eigenvalue weighted by Crippen LogP contribution is 2.58. The summed E-state index contributed by atoms with van der Waals surface area (Å²) in [5.74, 6) is -4.55. The van der Waals surface area contributed by atoms with E-state index in [9.17, 15) is 19.2 Å². The Hall–Kier alpha value is -2.94. The number of hydrogen-bond donors (Lipinski definition) is 0. The third kappa shape index (κ3) is 2.70. The lowest BCUT2D eigenvalue weighted by atomic mass is 9.77. The van der Waals surface area contributed by atoms with Gasteiger partial charge in [-0.25, -0.2) is 4.90 Å². The van der Waals surface area contributed by atoms with Crippen molar-refractivity contribution >= 4 is 60.9 Å². The molecule has 0 N–H and O–H groups in total. The first-order valence-electron chi connectivity index (χ1n) is 10.6. The quantitative estimate of drug-likeness (QED) is 0.318. The van der Waals surface area contributed by atoms with Gasteiger partial charge in [-0.1, -0.05) is 64.5 Å². The van der Waals surface area contributed by atoms with Crippen molar-refractivity contribution in [2.75, 3.05) is 4.90 Å². The van der Waals surface area contributed by atoms with Gasteiger partial charge < -0.3 is 4.74 Å². The number of Topliss-reactive ketones (excluding diaryl/α,β-unsaturated/α-hetero) is 2. The molecule has 1 aliphatic carbocycles. The number of nitrogens with zero attached hydrogens (tertiary/aromatic N) is 1. The molecule has 0 bridgehead atoms. The van der Waals surface area contributed by atoms with Crippen LogP contribution in [0.3, 0.4) is 0 Å². The van der Waals surface area contributed by atoms with E-state index in [1.54, 1.807) is 72.8 Å². The maximum absolute atomic E-state index is 13.9. The smallest absolute Gasteiger partial charge is 0.241 e. The topological polar surface area (TPSA) is 80.8 Å². The second kappa shape index (κ2) is 7.53. The zero-order chi connectivity index (χ0) is 23.8. The fraction of sp³-hybridized carbons (Fsp3) is 0.154. The summed E-state index contributed by atoms with van der Waals surface area (Å²) < 4.78 is 7.65. The van der Waals surface area contributed by atoms with Crippen LogP contribution in [0.4, 0.5) is 5.69 Å². The Kier molecular flexibility index (Phi) is 4.78. The van der Waals surface area contributed by atoms with Crippen LogP contribution in [-0.4, -0.2) is 29.0 Å². The molecule has 2 amide bonds. The average Bonchev–Trinajstić information content (AvgIpc) is 3.40. The van der Waals surface area contributed by atoms with Crippen LogP contribution in [0.25, 0.3) is 0 Å². The zero-order valence-electron chi connectivity index (χ0n) is 17.4. The molecule has 6 nitrogen and oxygen atoms in total. The third-order valence-corrected chi connectivity index (χ3v) is 8.01. The first kappa shape index (κ1) is 21.6. The lowest BCUT2D eigenvalue weighted by molar-refractivity contribution is -0.127. The number of para-hydroxylation sites is 1. The van der Waals surface area contributed by atoms with Crippen LogP contribution in [-0.2, 0) is 14.3 Å². The van der Waals surface area contributed by atoms with Gasteiger partial charge in [0.15, 0.2) is 0 Å². The molecular weight excluding hydrogens is 566 g/mol. The molecule has 2 saturated heterocycles. The number of ketones is 2. The van der Waals surface area contributed by atoms with Gasteiger partial charge in [0.1, 0.15) is 0 Å². The second-order valence-corrected chi connectivity index (χ2v) is 10.3. The maximum atomic E-state index is 13.9. The second-order valence-electron chi connectivity index (χ2n) is 8.50. The summed E-state index contributed by atoms with van der Waals surface area (Å²) in [7, 11) is 0. The van der Waals surface area contributed by atoms with Crippen LogP contribution in [0, 0.1) is 11.8 Å². The van der Waals surface area contributed by atoms with Crippen molar-refractivity contribution in [1.82, 2.24) is 0 Å². The minimum Gasteiger partial charge on any atom is -0.349 e. The van der Waals surface area contributed by atoms with Crippen molar-refractivity contribution in [2.24, 2.45) is 11.8 Å². The van der Waals surface area contributed by atoms with E-state index < -0.39 is 46.9 Å². The van der Waals surface area contributed by atoms with E-state index in [2.05, 4.69) is 31.9 Å². The molecule has 6 rings (SSSR count). The molecule has 0 saturated carbocycles. The molecule has 168 valence electrons. The Labute approximate surface area is 211 Å². The third-order valence-electron chi connectivity index (χ3n) is 6.81. The highest BCUT2D eigenvalue weighted by molar-refractivity contribution is 9.10. The number of carbonyl (C=O) groups is 4. The fourth-order valence-corrected chi connectivity index (χ4v) is 6.07. The Balaban J connectivity index is 1.56. The molecule has 2 heterocycles. The number of hydrogen-bond acceptors (Lipinski definition) is 5. The summed E-state index contributed by atoms with van der Waals surface area (Å²) in [6, 6.07) is 20.4. The van der Waals surface area contributed by atoms with Crippen LogP contribution in [0.15, 0.2) is 81.7 Å². The van der Waals surface area contributed by atoms with Gasteiger partial charge in [-0.2, -0.15) is 0 Å². The molecule has 0 aromatic heterocycles. The lowest BCUT2D eigenvalue weighted by Gasteiger charge is -2.27. The summed E-state index contributed by atoms with van der Waals surface area (Å²) in [5, 5.41) is 0. The zero-order valence-corrected chi connectivity index (χ0v) is 20.6. The fourth-order valence-electron chi connectivity index (χ4n) is 5.34. The predicted molar refractivity (Wildman–Crippen MR) is 129 cm³/mol. The van der Waals surface area contributed by atoms with E-state index >= 15 is 0 Å². The van der Waals surface area contributed by atoms with Crippen LogP contribution >= 0.6 is 31.9 Å². The van der Waals surface area contributed by atoms with Crippen molar-refractivity contribution in [3.05, 3.63) is 98.4 Å². The van der Waals surface area contributed by atoms with Crippen molar-refractivity contribution in [3.8, 4) is 0 Å². The molecule has 2 fully saturated rings. The largest absolute Gasteiger partial charge is 0.349 e. The van der Waals surface area contributed by atoms with Gasteiger partial charge in [0.05, 0.1) is 23.6 Å². The Bertz CT molecular complexity index is 1380. The Morgan fingerprint density at radius 2 is 1.32 bits per heavy atom. The van der Waals surface area contributed by atoms with Gasteiger partial charge in [-0.15, -0.1) is 0 Å². The van der Waals surface area contributed by atoms with Gasteiger partial charge in [0.25, 0.3) is 0 Å². The normalized spacial score (nSPS) is 24.8. The maximum Gasteiger partial charge on any atom is 0.241 e. The van der Waals surface area contributed by atoms with Crippen molar-refractivity contribution < 1.29 is 23.9 Å². The number of halogens is 2. The summed E-state index contributed by atoms with van der Waals surface area (Å²) >= 11 is 6.81. The SMILES string of the molecule is O=C1[C@H]2[C@@H](c3ccc(Br)cc3)OC3(C(=O)c4ccccc4C3=O)[C@H]2C(=O)N1c1ccccc1Br. The van der Waals surface area contributed by atoms with E-state index in [0.29, 0.717) is 15.7 Å². The highest BCUT2D eigenvalue weighted by atomic mass is 79.9. The first-order valence-corrected chi connectivity index (χ1v) is 12.2. The highest BCUT2D eigenvalue weighted by Gasteiger charge is 2.74. The number of fused-ring (bicyclic) bond motifs is 3. The molecule has 2 aliphatic heterocycles. The molecule has 34 heavy (non-hydrogen) atoms. The number of ether oxygens (including phenoxy) is 1. The van der Waals surface area contributed by atoms with Crippen LogP contribution in [0.2, 0.25) is 0 Å². The lowest BCUT2D eigenvalue weighted by Crippen LogP contribution is -2.51. The van der Waals surface area contributed by atoms with Gasteiger partial charge >= 0.3 is 0 Å². The van der Waals surface area contributed by atoms with Crippen LogP contribution in [0.1, 0.15) is 32.4 Å². The summed E-state index contributed by atoms with van der Waals surface area (Å²) in [4.78, 5) is 56.2. The molecule has 1 spiro atoms. The Morgan fingerprint density at radius 1 is 0.735 bits per heavy atom. The summed E-state index contributed by atoms with van der Waals surface area (Å²) in [6.45, 7) is 0. The van der Waals surface area contributed by atoms with Crippen molar-refractivity contribution in [1.29, 1.82) is 0 Å². The van der Waals surface area contributed by atoms with E-state index in [4.69, 9.17) is 4.74 Å². The van der Waals surface area contributed by atoms with Gasteiger partial charge in [-0.3, -0.25) is 19.2 Å². The number of rotatable bonds is 2. The number of carbonyl (C=O) groups excluding carboxylic acids is 4. The van der Waals surface area contributed by atoms with E-state index in [0.717, 1.165) is 9.37 Å². The standard InChI is InChI=1S/C26H15Br2NO5/c27-14-11-9-13(10-12-14)21-19-20(25(33)29(24(19)32)18-8-4-3-7-17(18)28)26(34-21)22(30)15-5-1-2-6-16(15)23(26)31/h1-12,19-21H/t19-,20-,21-/m1/s1. The molecule has 3 atom stereocenters. The van der Waals surface area contributed by atoms with Crippen LogP contribution in [0.5, 0.6) is 0 Å². The average molecular weight is 581 g/mol. The van der Waals surface area contributed by atoms with Gasteiger partial charge in [0.2, 0.25) is 29.0 Å². The Morgan fingerprint density at radius 3 is 1.94 bits per heavy atom. The number of anilines is 1. The summed E-state index contributed by atoms with van der Waals surface area (Å²) in [6.07, 6.45) is -0.941. The molecule has 3 aliphatic rings. The minimum atomic E-state index is -2.07. The molecule has 3 aromatic rings. The predicted octanol–water partition coefficient (Wildman–Crippen LogP) is 4.91. The molecular formula is C26H15Br2NO5. The molecule has 0 radical (unpaired) electrons. The number of amides is 2. The van der Waals surface area contributed by atoms with E-state index in [1.807, 2.05) is 0 Å². The van der Waals surface area contributed by atoms with Crippen LogP contribution < -0.4 is 4.90 Å². The molecule has 0 unspecified atom stereocenters. The number of benzene rings is 3. The first-order chi connectivity index (χ1) is 16.4. The number of imide groups is 1. The van der Waals surface area contributed by atoms with Gasteiger partial charge in [-0.05, 0) is 45.8 Å². The van der Waals surface area contributed by atoms with E-state index in [-0.39, 0.29) is 11.1 Å². The minimum absolute atomic E-state index is 0.210. The molecule has 8 heteroatoms. The van der Waals surface area contributed by atoms with Crippen molar-refractivity contribution in [3.63, 3.8) is 0 Å². The van der Waals surface area contributed by atoms with Crippen molar-refractivity contribution in [2.45, 2.75) is 11.7 Å². The van der Waals surface area contributed by atoms with E-state index in [1.165, 1.54) is 0 Å².